The Morgan fingerprint density at radius 3 is 2.10 bits per heavy atom. The third-order valence-electron chi connectivity index (χ3n) is 5.56. The van der Waals surface area contributed by atoms with Crippen molar-refractivity contribution in [1.29, 1.82) is 0 Å². The maximum absolute atomic E-state index is 12.1. The molecular weight excluding hydrogens is 358 g/mol. The summed E-state index contributed by atoms with van der Waals surface area (Å²) in [5.74, 6) is 1.57. The van der Waals surface area contributed by atoms with E-state index < -0.39 is 0 Å². The van der Waals surface area contributed by atoms with Crippen molar-refractivity contribution in [2.45, 2.75) is 67.3 Å². The second-order valence-electron chi connectivity index (χ2n) is 8.62. The van der Waals surface area contributed by atoms with E-state index in [4.69, 9.17) is 0 Å². The molecule has 2 rings (SSSR count). The largest absolute Gasteiger partial charge is 0.355 e. The van der Waals surface area contributed by atoms with Crippen molar-refractivity contribution in [3.63, 3.8) is 0 Å². The van der Waals surface area contributed by atoms with Crippen LogP contribution in [0.15, 0.2) is 24.3 Å². The number of carbonyl (C=O) groups excluding carboxylic acids is 1. The molecule has 168 valence electrons. The first-order chi connectivity index (χ1) is 14.0. The van der Waals surface area contributed by atoms with Gasteiger partial charge in [0, 0.05) is 40.7 Å². The lowest BCUT2D eigenvalue weighted by atomic mass is 10.0. The summed E-state index contributed by atoms with van der Waals surface area (Å²) in [7, 11) is 0. The SMILES string of the molecule is CC.CCC(C)CCNC(=O)CN1CCN(Cc2ccc(CC(C)C)cc2)CC1.[HH]. The molecule has 1 atom stereocenters. The van der Waals surface area contributed by atoms with Crippen LogP contribution in [0.5, 0.6) is 0 Å². The van der Waals surface area contributed by atoms with Gasteiger partial charge in [-0.2, -0.15) is 0 Å². The molecule has 1 amide bonds. The van der Waals surface area contributed by atoms with Crippen molar-refractivity contribution in [2.24, 2.45) is 11.8 Å². The quantitative estimate of drug-likeness (QED) is 0.606. The van der Waals surface area contributed by atoms with E-state index in [1.807, 2.05) is 13.8 Å². The fourth-order valence-electron chi connectivity index (χ4n) is 3.54. The van der Waals surface area contributed by atoms with Crippen molar-refractivity contribution in [1.82, 2.24) is 15.1 Å². The maximum atomic E-state index is 12.1. The Morgan fingerprint density at radius 1 is 1.00 bits per heavy atom. The summed E-state index contributed by atoms with van der Waals surface area (Å²) >= 11 is 0. The summed E-state index contributed by atoms with van der Waals surface area (Å²) in [5.41, 5.74) is 2.82. The molecule has 4 nitrogen and oxygen atoms in total. The zero-order valence-electron chi connectivity index (χ0n) is 19.8. The molecule has 1 aromatic carbocycles. The van der Waals surface area contributed by atoms with Gasteiger partial charge in [0.25, 0.3) is 0 Å². The highest BCUT2D eigenvalue weighted by Crippen LogP contribution is 2.13. The summed E-state index contributed by atoms with van der Waals surface area (Å²) in [6, 6.07) is 9.09. The van der Waals surface area contributed by atoms with E-state index in [9.17, 15) is 4.79 Å². The monoisotopic (exact) mass is 405 g/mol. The second kappa shape index (κ2) is 14.6. The van der Waals surface area contributed by atoms with Crippen molar-refractivity contribution in [3.8, 4) is 0 Å². The van der Waals surface area contributed by atoms with Crippen LogP contribution in [-0.2, 0) is 17.8 Å². The van der Waals surface area contributed by atoms with Crippen LogP contribution in [-0.4, -0.2) is 55.0 Å². The molecule has 1 saturated heterocycles. The van der Waals surface area contributed by atoms with Crippen LogP contribution in [0.1, 0.15) is 66.9 Å². The molecule has 1 unspecified atom stereocenters. The van der Waals surface area contributed by atoms with Crippen LogP contribution in [0.25, 0.3) is 0 Å². The Hall–Kier alpha value is -1.39. The van der Waals surface area contributed by atoms with E-state index in [1.165, 1.54) is 17.5 Å². The fourth-order valence-corrected chi connectivity index (χ4v) is 3.54. The lowest BCUT2D eigenvalue weighted by Gasteiger charge is -2.34. The Bertz CT molecular complexity index is 554. The Labute approximate surface area is 181 Å². The molecule has 0 aliphatic carbocycles. The van der Waals surface area contributed by atoms with Gasteiger partial charge in [-0.1, -0.05) is 72.2 Å². The molecule has 4 heteroatoms. The lowest BCUT2D eigenvalue weighted by molar-refractivity contribution is -0.122. The number of nitrogens with one attached hydrogen (secondary N) is 1. The van der Waals surface area contributed by atoms with Crippen LogP contribution in [0.2, 0.25) is 0 Å². The summed E-state index contributed by atoms with van der Waals surface area (Å²) < 4.78 is 0. The molecule has 29 heavy (non-hydrogen) atoms. The summed E-state index contributed by atoms with van der Waals surface area (Å²) in [4.78, 5) is 16.9. The average molecular weight is 406 g/mol. The van der Waals surface area contributed by atoms with E-state index in [1.54, 1.807) is 0 Å². The highest BCUT2D eigenvalue weighted by molar-refractivity contribution is 5.77. The van der Waals surface area contributed by atoms with E-state index in [0.29, 0.717) is 18.4 Å². The molecule has 1 aliphatic heterocycles. The number of amides is 1. The van der Waals surface area contributed by atoms with Gasteiger partial charge in [-0.25, -0.2) is 0 Å². The molecule has 0 bridgehead atoms. The van der Waals surface area contributed by atoms with Gasteiger partial charge in [0.05, 0.1) is 6.54 Å². The van der Waals surface area contributed by atoms with Gasteiger partial charge in [0.1, 0.15) is 0 Å². The first-order valence-electron chi connectivity index (χ1n) is 11.8. The molecule has 0 spiro atoms. The molecule has 1 N–H and O–H groups in total. The first kappa shape index (κ1) is 25.6. The number of rotatable bonds is 10. The van der Waals surface area contributed by atoms with Crippen LogP contribution >= 0.6 is 0 Å². The third-order valence-corrected chi connectivity index (χ3v) is 5.56. The predicted molar refractivity (Wildman–Crippen MR) is 127 cm³/mol. The van der Waals surface area contributed by atoms with Crippen LogP contribution < -0.4 is 5.32 Å². The van der Waals surface area contributed by atoms with Gasteiger partial charge in [0.15, 0.2) is 0 Å². The van der Waals surface area contributed by atoms with Crippen molar-refractivity contribution in [2.75, 3.05) is 39.3 Å². The van der Waals surface area contributed by atoms with Gasteiger partial charge in [-0.05, 0) is 35.8 Å². The Balaban J connectivity index is 0.00000272. The maximum Gasteiger partial charge on any atom is 0.234 e. The molecular formula is C25H47N3O. The third kappa shape index (κ3) is 10.8. The minimum atomic E-state index is 0. The van der Waals surface area contributed by atoms with Gasteiger partial charge < -0.3 is 5.32 Å². The lowest BCUT2D eigenvalue weighted by Crippen LogP contribution is -2.49. The number of hydrogen-bond donors (Lipinski definition) is 1. The number of piperazine rings is 1. The molecule has 0 radical (unpaired) electrons. The molecule has 1 heterocycles. The normalized spacial score (nSPS) is 16.2. The molecule has 1 aliphatic rings. The van der Waals surface area contributed by atoms with Crippen LogP contribution in [0.3, 0.4) is 0 Å². The number of benzene rings is 1. The molecule has 1 aromatic rings. The molecule has 1 fully saturated rings. The van der Waals surface area contributed by atoms with Gasteiger partial charge in [-0.15, -0.1) is 0 Å². The van der Waals surface area contributed by atoms with E-state index in [-0.39, 0.29) is 7.33 Å². The molecule has 0 saturated carbocycles. The molecule has 0 aromatic heterocycles. The topological polar surface area (TPSA) is 35.6 Å². The Kier molecular flexibility index (Phi) is 12.9. The summed E-state index contributed by atoms with van der Waals surface area (Å²) in [6.07, 6.45) is 3.41. The van der Waals surface area contributed by atoms with E-state index >= 15 is 0 Å². The second-order valence-corrected chi connectivity index (χ2v) is 8.62. The minimum Gasteiger partial charge on any atom is -0.355 e. The van der Waals surface area contributed by atoms with E-state index in [2.05, 4.69) is 67.1 Å². The van der Waals surface area contributed by atoms with Gasteiger partial charge in [-0.3, -0.25) is 14.6 Å². The number of nitrogens with zero attached hydrogens (tertiary/aromatic N) is 2. The highest BCUT2D eigenvalue weighted by Gasteiger charge is 2.19. The van der Waals surface area contributed by atoms with Crippen molar-refractivity contribution in [3.05, 3.63) is 35.4 Å². The van der Waals surface area contributed by atoms with Crippen LogP contribution in [0, 0.1) is 11.8 Å². The van der Waals surface area contributed by atoms with Gasteiger partial charge >= 0.3 is 0 Å². The smallest absolute Gasteiger partial charge is 0.234 e. The van der Waals surface area contributed by atoms with Crippen molar-refractivity contribution >= 4 is 5.91 Å². The minimum absolute atomic E-state index is 0. The predicted octanol–water partition coefficient (Wildman–Crippen LogP) is 4.83. The first-order valence-corrected chi connectivity index (χ1v) is 11.8. The fraction of sp³-hybridized carbons (Fsp3) is 0.720. The van der Waals surface area contributed by atoms with Crippen LogP contribution in [0.4, 0.5) is 0 Å². The highest BCUT2D eigenvalue weighted by atomic mass is 16.2. The Morgan fingerprint density at radius 2 is 1.55 bits per heavy atom. The number of hydrogen-bond acceptors (Lipinski definition) is 3. The summed E-state index contributed by atoms with van der Waals surface area (Å²) in [5, 5.41) is 3.07. The average Bonchev–Trinajstić information content (AvgIpc) is 2.72. The van der Waals surface area contributed by atoms with Gasteiger partial charge in [0.2, 0.25) is 5.91 Å². The summed E-state index contributed by atoms with van der Waals surface area (Å²) in [6.45, 7) is 19.3. The zero-order chi connectivity index (χ0) is 21.6. The zero-order valence-corrected chi connectivity index (χ0v) is 19.8. The van der Waals surface area contributed by atoms with Crippen molar-refractivity contribution < 1.29 is 6.22 Å². The number of carbonyl (C=O) groups is 1. The van der Waals surface area contributed by atoms with E-state index in [0.717, 1.165) is 52.1 Å². The standard InChI is InChI=1S/C23H39N3O.C2H6.H2/c1-5-20(4)10-11-24-23(27)18-26-14-12-25(13-15-26)17-22-8-6-21(7-9-22)16-19(2)3;1-2;/h6-9,19-20H,5,10-18H2,1-4H3,(H,24,27);1-2H3;1H.